The molecule has 6 nitrogen and oxygen atoms in total. The number of hydrogen-bond acceptors (Lipinski definition) is 4. The van der Waals surface area contributed by atoms with Crippen molar-refractivity contribution in [3.8, 4) is 0 Å². The third kappa shape index (κ3) is 3.32. The van der Waals surface area contributed by atoms with E-state index in [0.29, 0.717) is 23.8 Å². The van der Waals surface area contributed by atoms with Crippen LogP contribution in [-0.4, -0.2) is 46.5 Å². The zero-order valence-corrected chi connectivity index (χ0v) is 12.2. The van der Waals surface area contributed by atoms with Crippen molar-refractivity contribution in [1.29, 1.82) is 0 Å². The van der Waals surface area contributed by atoms with Gasteiger partial charge < -0.3 is 4.90 Å². The third-order valence-electron chi connectivity index (χ3n) is 3.49. The number of amides is 3. The molecule has 3 rings (SSSR count). The quantitative estimate of drug-likeness (QED) is 0.922. The summed E-state index contributed by atoms with van der Waals surface area (Å²) in [5.74, 6) is 0.373. The van der Waals surface area contributed by atoms with E-state index < -0.39 is 17.9 Å². The Labute approximate surface area is 127 Å². The average molecular weight is 334 g/mol. The van der Waals surface area contributed by atoms with Crippen molar-refractivity contribution in [2.75, 3.05) is 25.1 Å². The molecule has 0 aromatic carbocycles. The minimum Gasteiger partial charge on any atom is -0.323 e. The average Bonchev–Trinajstić information content (AvgIpc) is 2.96. The molecule has 0 unspecified atom stereocenters. The summed E-state index contributed by atoms with van der Waals surface area (Å²) in [4.78, 5) is 30.0. The SMILES string of the molecule is O=C1CN(C(=O)Nc2nc(C(F)(F)F)cs2)CN1CC1CC1. The third-order valence-corrected chi connectivity index (χ3v) is 4.25. The number of halogens is 3. The van der Waals surface area contributed by atoms with E-state index in [-0.39, 0.29) is 24.3 Å². The first kappa shape index (κ1) is 15.1. The smallest absolute Gasteiger partial charge is 0.323 e. The Balaban J connectivity index is 1.58. The molecule has 1 aliphatic heterocycles. The van der Waals surface area contributed by atoms with Crippen LogP contribution in [0.3, 0.4) is 0 Å². The van der Waals surface area contributed by atoms with Crippen LogP contribution in [0.1, 0.15) is 18.5 Å². The largest absolute Gasteiger partial charge is 0.434 e. The fraction of sp³-hybridized carbons (Fsp3) is 0.583. The maximum atomic E-state index is 12.4. The Bertz CT molecular complexity index is 599. The van der Waals surface area contributed by atoms with Crippen LogP contribution in [0.4, 0.5) is 23.1 Å². The van der Waals surface area contributed by atoms with Gasteiger partial charge in [0, 0.05) is 11.9 Å². The summed E-state index contributed by atoms with van der Waals surface area (Å²) < 4.78 is 37.3. The first-order valence-electron chi connectivity index (χ1n) is 6.69. The van der Waals surface area contributed by atoms with Gasteiger partial charge in [-0.15, -0.1) is 11.3 Å². The predicted molar refractivity (Wildman–Crippen MR) is 72.1 cm³/mol. The van der Waals surface area contributed by atoms with Crippen molar-refractivity contribution >= 4 is 28.4 Å². The second-order valence-electron chi connectivity index (χ2n) is 5.36. The maximum absolute atomic E-state index is 12.4. The van der Waals surface area contributed by atoms with E-state index in [9.17, 15) is 22.8 Å². The Hall–Kier alpha value is -1.84. The fourth-order valence-corrected chi connectivity index (χ4v) is 2.84. The number of carbonyl (C=O) groups excluding carboxylic acids is 2. The van der Waals surface area contributed by atoms with E-state index in [1.807, 2.05) is 0 Å². The van der Waals surface area contributed by atoms with E-state index in [1.165, 1.54) is 4.90 Å². The maximum Gasteiger partial charge on any atom is 0.434 e. The zero-order chi connectivity index (χ0) is 15.9. The van der Waals surface area contributed by atoms with E-state index in [0.717, 1.165) is 18.2 Å². The summed E-state index contributed by atoms with van der Waals surface area (Å²) in [5, 5.41) is 3.01. The van der Waals surface area contributed by atoms with Crippen LogP contribution in [0.25, 0.3) is 0 Å². The van der Waals surface area contributed by atoms with Crippen LogP contribution in [0.2, 0.25) is 0 Å². The predicted octanol–water partition coefficient (Wildman–Crippen LogP) is 2.21. The molecule has 2 fully saturated rings. The highest BCUT2D eigenvalue weighted by Gasteiger charge is 2.36. The van der Waals surface area contributed by atoms with Crippen molar-refractivity contribution in [1.82, 2.24) is 14.8 Å². The molecule has 1 aliphatic carbocycles. The minimum absolute atomic E-state index is 0.0595. The van der Waals surface area contributed by atoms with Gasteiger partial charge in [-0.2, -0.15) is 13.2 Å². The number of anilines is 1. The van der Waals surface area contributed by atoms with Crippen LogP contribution < -0.4 is 5.32 Å². The van der Waals surface area contributed by atoms with Crippen molar-refractivity contribution in [2.45, 2.75) is 19.0 Å². The van der Waals surface area contributed by atoms with Gasteiger partial charge in [-0.05, 0) is 18.8 Å². The van der Waals surface area contributed by atoms with Crippen molar-refractivity contribution in [3.63, 3.8) is 0 Å². The molecule has 120 valence electrons. The molecule has 22 heavy (non-hydrogen) atoms. The van der Waals surface area contributed by atoms with Gasteiger partial charge in [0.1, 0.15) is 6.54 Å². The normalized spacial score (nSPS) is 19.0. The molecule has 1 N–H and O–H groups in total. The molecular weight excluding hydrogens is 321 g/mol. The van der Waals surface area contributed by atoms with Gasteiger partial charge in [-0.3, -0.25) is 15.0 Å². The van der Waals surface area contributed by atoms with E-state index in [4.69, 9.17) is 0 Å². The van der Waals surface area contributed by atoms with Crippen LogP contribution in [0.5, 0.6) is 0 Å². The number of aromatic nitrogens is 1. The van der Waals surface area contributed by atoms with Crippen molar-refractivity contribution < 1.29 is 22.8 Å². The van der Waals surface area contributed by atoms with Gasteiger partial charge in [-0.1, -0.05) is 0 Å². The number of urea groups is 1. The summed E-state index contributed by atoms with van der Waals surface area (Å²) in [6.45, 7) is 0.743. The first-order chi connectivity index (χ1) is 10.3. The molecular formula is C12H13F3N4O2S. The first-order valence-corrected chi connectivity index (χ1v) is 7.57. The molecule has 1 saturated heterocycles. The molecule has 0 atom stereocenters. The highest BCUT2D eigenvalue weighted by Crippen LogP contribution is 2.32. The van der Waals surface area contributed by atoms with E-state index in [1.54, 1.807) is 4.90 Å². The Morgan fingerprint density at radius 2 is 2.18 bits per heavy atom. The van der Waals surface area contributed by atoms with E-state index in [2.05, 4.69) is 10.3 Å². The molecule has 0 spiro atoms. The molecule has 0 bridgehead atoms. The number of nitrogens with one attached hydrogen (secondary N) is 1. The molecule has 0 radical (unpaired) electrons. The van der Waals surface area contributed by atoms with Crippen LogP contribution >= 0.6 is 11.3 Å². The van der Waals surface area contributed by atoms with Crippen LogP contribution in [-0.2, 0) is 11.0 Å². The Morgan fingerprint density at radius 3 is 2.77 bits per heavy atom. The molecule has 10 heteroatoms. The van der Waals surface area contributed by atoms with Crippen molar-refractivity contribution in [3.05, 3.63) is 11.1 Å². The molecule has 2 aliphatic rings. The molecule has 1 saturated carbocycles. The topological polar surface area (TPSA) is 65.5 Å². The molecule has 3 amide bonds. The Kier molecular flexibility index (Phi) is 3.71. The number of thiazole rings is 1. The number of alkyl halides is 3. The zero-order valence-electron chi connectivity index (χ0n) is 11.4. The van der Waals surface area contributed by atoms with Crippen LogP contribution in [0.15, 0.2) is 5.38 Å². The van der Waals surface area contributed by atoms with E-state index >= 15 is 0 Å². The minimum atomic E-state index is -4.54. The summed E-state index contributed by atoms with van der Waals surface area (Å²) >= 11 is 0.698. The number of nitrogens with zero attached hydrogens (tertiary/aromatic N) is 3. The van der Waals surface area contributed by atoms with Crippen LogP contribution in [0, 0.1) is 5.92 Å². The summed E-state index contributed by atoms with van der Waals surface area (Å²) in [5.41, 5.74) is -1.04. The van der Waals surface area contributed by atoms with Gasteiger partial charge in [-0.25, -0.2) is 9.78 Å². The lowest BCUT2D eigenvalue weighted by molar-refractivity contribution is -0.140. The standard InChI is InChI=1S/C12H13F3N4O2S/c13-12(14,15)8-5-22-10(16-8)17-11(21)19-4-9(20)18(6-19)3-7-1-2-7/h5,7H,1-4,6H2,(H,16,17,21). The van der Waals surface area contributed by atoms with Gasteiger partial charge in [0.15, 0.2) is 10.8 Å². The summed E-state index contributed by atoms with van der Waals surface area (Å²) in [6.07, 6.45) is -2.35. The second kappa shape index (κ2) is 5.41. The van der Waals surface area contributed by atoms with Gasteiger partial charge in [0.2, 0.25) is 5.91 Å². The summed E-state index contributed by atoms with van der Waals surface area (Å²) in [6, 6.07) is -0.616. The van der Waals surface area contributed by atoms with Crippen molar-refractivity contribution in [2.24, 2.45) is 5.92 Å². The second-order valence-corrected chi connectivity index (χ2v) is 6.22. The Morgan fingerprint density at radius 1 is 1.45 bits per heavy atom. The summed E-state index contributed by atoms with van der Waals surface area (Å²) in [7, 11) is 0. The van der Waals surface area contributed by atoms with Gasteiger partial charge in [0.25, 0.3) is 0 Å². The molecule has 2 heterocycles. The number of hydrogen-bond donors (Lipinski definition) is 1. The lowest BCUT2D eigenvalue weighted by atomic mass is 10.4. The van der Waals surface area contributed by atoms with Gasteiger partial charge in [0.05, 0.1) is 6.67 Å². The highest BCUT2D eigenvalue weighted by atomic mass is 32.1. The number of rotatable bonds is 3. The number of carbonyl (C=O) groups is 2. The molecule has 1 aromatic heterocycles. The lowest BCUT2D eigenvalue weighted by Crippen LogP contribution is -2.35. The lowest BCUT2D eigenvalue weighted by Gasteiger charge is -2.17. The van der Waals surface area contributed by atoms with Gasteiger partial charge >= 0.3 is 12.2 Å². The monoisotopic (exact) mass is 334 g/mol. The fourth-order valence-electron chi connectivity index (χ4n) is 2.14. The highest BCUT2D eigenvalue weighted by molar-refractivity contribution is 7.13. The molecule has 1 aromatic rings.